The van der Waals surface area contributed by atoms with Gasteiger partial charge in [-0.1, -0.05) is 27.2 Å². The molecule has 3 atom stereocenters. The molecule has 0 aromatic heterocycles. The Labute approximate surface area is 99.8 Å². The topological polar surface area (TPSA) is 32.3 Å². The number of aliphatic hydroxyl groups is 1. The smallest absolute Gasteiger partial charge is 0.0616 e. The van der Waals surface area contributed by atoms with E-state index in [1.54, 1.807) is 0 Å². The van der Waals surface area contributed by atoms with Gasteiger partial charge in [0.2, 0.25) is 0 Å². The van der Waals surface area contributed by atoms with Crippen molar-refractivity contribution in [3.05, 3.63) is 0 Å². The molecule has 0 aliphatic heterocycles. The van der Waals surface area contributed by atoms with Gasteiger partial charge in [-0.15, -0.1) is 0 Å². The van der Waals surface area contributed by atoms with E-state index in [2.05, 4.69) is 26.1 Å². The summed E-state index contributed by atoms with van der Waals surface area (Å²) in [6.07, 6.45) is 6.38. The zero-order chi connectivity index (χ0) is 11.8. The van der Waals surface area contributed by atoms with E-state index in [4.69, 9.17) is 0 Å². The fourth-order valence-corrected chi connectivity index (χ4v) is 3.61. The number of hydrogen-bond acceptors (Lipinski definition) is 2. The first kappa shape index (κ1) is 12.4. The van der Waals surface area contributed by atoms with Crippen molar-refractivity contribution in [3.63, 3.8) is 0 Å². The van der Waals surface area contributed by atoms with Crippen molar-refractivity contribution in [2.45, 2.75) is 64.5 Å². The first-order valence-electron chi connectivity index (χ1n) is 6.96. The Morgan fingerprint density at radius 1 is 1.25 bits per heavy atom. The Hall–Kier alpha value is -0.0800. The Kier molecular flexibility index (Phi) is 3.60. The average molecular weight is 225 g/mol. The summed E-state index contributed by atoms with van der Waals surface area (Å²) in [7, 11) is 0. The lowest BCUT2D eigenvalue weighted by Gasteiger charge is -2.48. The second-order valence-corrected chi connectivity index (χ2v) is 6.47. The number of hydrogen-bond donors (Lipinski definition) is 2. The van der Waals surface area contributed by atoms with E-state index in [1.165, 1.54) is 25.7 Å². The third-order valence-electron chi connectivity index (χ3n) is 4.55. The van der Waals surface area contributed by atoms with Crippen molar-refractivity contribution in [3.8, 4) is 0 Å². The predicted octanol–water partition coefficient (Wildman–Crippen LogP) is 2.56. The Balaban J connectivity index is 2.13. The van der Waals surface area contributed by atoms with E-state index in [1.807, 2.05) is 0 Å². The van der Waals surface area contributed by atoms with Gasteiger partial charge in [-0.25, -0.2) is 0 Å². The Morgan fingerprint density at radius 3 is 2.44 bits per heavy atom. The molecule has 94 valence electrons. The van der Waals surface area contributed by atoms with Crippen LogP contribution in [-0.2, 0) is 0 Å². The molecule has 0 bridgehead atoms. The minimum absolute atomic E-state index is 0.0208. The molecule has 0 aromatic rings. The SMILES string of the molecule is CC1CCC(C(C)C)C(CO)(NC2CC2)C1. The maximum Gasteiger partial charge on any atom is 0.0616 e. The molecule has 2 aliphatic carbocycles. The van der Waals surface area contributed by atoms with Crippen LogP contribution in [0.15, 0.2) is 0 Å². The summed E-state index contributed by atoms with van der Waals surface area (Å²) in [5.41, 5.74) is 0.0208. The van der Waals surface area contributed by atoms with Gasteiger partial charge in [-0.05, 0) is 43.4 Å². The van der Waals surface area contributed by atoms with Gasteiger partial charge >= 0.3 is 0 Å². The van der Waals surface area contributed by atoms with Crippen molar-refractivity contribution in [2.75, 3.05) is 6.61 Å². The van der Waals surface area contributed by atoms with Gasteiger partial charge in [0.25, 0.3) is 0 Å². The van der Waals surface area contributed by atoms with Crippen LogP contribution in [-0.4, -0.2) is 23.3 Å². The van der Waals surface area contributed by atoms with Gasteiger partial charge in [0.1, 0.15) is 0 Å². The van der Waals surface area contributed by atoms with Crippen molar-refractivity contribution in [2.24, 2.45) is 17.8 Å². The summed E-state index contributed by atoms with van der Waals surface area (Å²) in [6, 6.07) is 0.693. The van der Waals surface area contributed by atoms with E-state index < -0.39 is 0 Å². The Morgan fingerprint density at radius 2 is 1.94 bits per heavy atom. The monoisotopic (exact) mass is 225 g/mol. The zero-order valence-electron chi connectivity index (χ0n) is 11.0. The minimum Gasteiger partial charge on any atom is -0.394 e. The van der Waals surface area contributed by atoms with Crippen LogP contribution in [0, 0.1) is 17.8 Å². The summed E-state index contributed by atoms with van der Waals surface area (Å²) in [6.45, 7) is 7.26. The first-order valence-corrected chi connectivity index (χ1v) is 6.96. The van der Waals surface area contributed by atoms with Crippen LogP contribution in [0.5, 0.6) is 0 Å². The second-order valence-electron chi connectivity index (χ2n) is 6.47. The fourth-order valence-electron chi connectivity index (χ4n) is 3.61. The van der Waals surface area contributed by atoms with Crippen LogP contribution >= 0.6 is 0 Å². The number of rotatable bonds is 4. The molecule has 2 N–H and O–H groups in total. The van der Waals surface area contributed by atoms with Crippen LogP contribution < -0.4 is 5.32 Å². The molecule has 2 fully saturated rings. The Bertz CT molecular complexity index is 233. The highest BCUT2D eigenvalue weighted by Crippen LogP contribution is 2.42. The summed E-state index contributed by atoms with van der Waals surface area (Å²) in [5, 5.41) is 13.7. The molecule has 0 saturated heterocycles. The van der Waals surface area contributed by atoms with Gasteiger partial charge in [0.05, 0.1) is 6.61 Å². The molecule has 3 unspecified atom stereocenters. The largest absolute Gasteiger partial charge is 0.394 e. The summed E-state index contributed by atoms with van der Waals surface area (Å²) < 4.78 is 0. The van der Waals surface area contributed by atoms with Gasteiger partial charge in [0.15, 0.2) is 0 Å². The van der Waals surface area contributed by atoms with Crippen molar-refractivity contribution < 1.29 is 5.11 Å². The van der Waals surface area contributed by atoms with Crippen LogP contribution in [0.3, 0.4) is 0 Å². The third-order valence-corrected chi connectivity index (χ3v) is 4.55. The standard InChI is InChI=1S/C14H27NO/c1-10(2)13-7-4-11(3)8-14(13,9-16)15-12-5-6-12/h10-13,15-16H,4-9H2,1-3H3. The molecule has 0 heterocycles. The molecule has 2 rings (SSSR count). The summed E-state index contributed by atoms with van der Waals surface area (Å²) in [4.78, 5) is 0. The van der Waals surface area contributed by atoms with E-state index >= 15 is 0 Å². The van der Waals surface area contributed by atoms with Crippen LogP contribution in [0.4, 0.5) is 0 Å². The molecular weight excluding hydrogens is 198 g/mol. The molecule has 0 aromatic carbocycles. The first-order chi connectivity index (χ1) is 7.57. The lowest BCUT2D eigenvalue weighted by atomic mass is 9.65. The summed E-state index contributed by atoms with van der Waals surface area (Å²) >= 11 is 0. The highest BCUT2D eigenvalue weighted by Gasteiger charge is 2.46. The van der Waals surface area contributed by atoms with Gasteiger partial charge in [-0.2, -0.15) is 0 Å². The average Bonchev–Trinajstić information content (AvgIpc) is 3.01. The molecule has 0 radical (unpaired) electrons. The molecule has 16 heavy (non-hydrogen) atoms. The molecule has 2 saturated carbocycles. The highest BCUT2D eigenvalue weighted by atomic mass is 16.3. The number of aliphatic hydroxyl groups excluding tert-OH is 1. The quantitative estimate of drug-likeness (QED) is 0.770. The summed E-state index contributed by atoms with van der Waals surface area (Å²) in [5.74, 6) is 2.08. The zero-order valence-corrected chi connectivity index (χ0v) is 11.0. The molecule has 0 amide bonds. The van der Waals surface area contributed by atoms with E-state index in [-0.39, 0.29) is 5.54 Å². The van der Waals surface area contributed by atoms with Crippen LogP contribution in [0.2, 0.25) is 0 Å². The van der Waals surface area contributed by atoms with Crippen LogP contribution in [0.1, 0.15) is 52.9 Å². The van der Waals surface area contributed by atoms with Crippen LogP contribution in [0.25, 0.3) is 0 Å². The molecule has 2 heteroatoms. The maximum absolute atomic E-state index is 9.89. The fraction of sp³-hybridized carbons (Fsp3) is 1.00. The third kappa shape index (κ3) is 2.43. The van der Waals surface area contributed by atoms with Gasteiger partial charge in [0, 0.05) is 11.6 Å². The lowest BCUT2D eigenvalue weighted by molar-refractivity contribution is 0.0221. The molecule has 2 aliphatic rings. The molecule has 2 nitrogen and oxygen atoms in total. The van der Waals surface area contributed by atoms with Crippen molar-refractivity contribution >= 4 is 0 Å². The normalized spacial score (nSPS) is 40.3. The second kappa shape index (κ2) is 4.66. The maximum atomic E-state index is 9.89. The number of nitrogens with one attached hydrogen (secondary N) is 1. The van der Waals surface area contributed by atoms with Crippen molar-refractivity contribution in [1.29, 1.82) is 0 Å². The van der Waals surface area contributed by atoms with Gasteiger partial charge in [-0.3, -0.25) is 0 Å². The highest BCUT2D eigenvalue weighted by molar-refractivity contribution is 5.03. The minimum atomic E-state index is 0.0208. The molecular formula is C14H27NO. The van der Waals surface area contributed by atoms with Gasteiger partial charge < -0.3 is 10.4 Å². The van der Waals surface area contributed by atoms with E-state index in [9.17, 15) is 5.11 Å². The van der Waals surface area contributed by atoms with Crippen molar-refractivity contribution in [1.82, 2.24) is 5.32 Å². The predicted molar refractivity (Wildman–Crippen MR) is 67.3 cm³/mol. The lowest BCUT2D eigenvalue weighted by Crippen LogP contribution is -2.59. The van der Waals surface area contributed by atoms with E-state index in [0.29, 0.717) is 24.5 Å². The van der Waals surface area contributed by atoms with E-state index in [0.717, 1.165) is 12.3 Å². The molecule has 0 spiro atoms.